The lowest BCUT2D eigenvalue weighted by Gasteiger charge is -2.06. The maximum atomic E-state index is 12.1. The van der Waals surface area contributed by atoms with Gasteiger partial charge in [0.25, 0.3) is 5.69 Å². The molecule has 2 rings (SSSR count). The zero-order valence-electron chi connectivity index (χ0n) is 13.4. The van der Waals surface area contributed by atoms with Crippen LogP contribution >= 0.6 is 0 Å². The highest BCUT2D eigenvalue weighted by Crippen LogP contribution is 2.12. The minimum absolute atomic E-state index is 0.0129. The first-order valence-electron chi connectivity index (χ1n) is 7.66. The first kappa shape index (κ1) is 18.6. The number of benzene rings is 2. The van der Waals surface area contributed by atoms with Crippen molar-refractivity contribution in [2.45, 2.75) is 17.7 Å². The summed E-state index contributed by atoms with van der Waals surface area (Å²) in [5.41, 5.74) is 0.863. The van der Waals surface area contributed by atoms with E-state index in [1.807, 2.05) is 0 Å². The standard InChI is InChI=1S/C17H18N2O5S/c20-17(11-13-25(23,24)16-4-2-1-3-5-16)18-12-10-14-6-8-15(9-7-14)19(21)22/h1-9H,10-13H2,(H,18,20). The van der Waals surface area contributed by atoms with Crippen LogP contribution in [0.1, 0.15) is 12.0 Å². The van der Waals surface area contributed by atoms with Crippen molar-refractivity contribution in [3.05, 3.63) is 70.3 Å². The van der Waals surface area contributed by atoms with Crippen LogP contribution < -0.4 is 5.32 Å². The Morgan fingerprint density at radius 1 is 1.04 bits per heavy atom. The first-order valence-corrected chi connectivity index (χ1v) is 9.31. The highest BCUT2D eigenvalue weighted by atomic mass is 32.2. The minimum Gasteiger partial charge on any atom is -0.356 e. The third-order valence-electron chi connectivity index (χ3n) is 3.58. The largest absolute Gasteiger partial charge is 0.356 e. The molecule has 0 bridgehead atoms. The fourth-order valence-electron chi connectivity index (χ4n) is 2.19. The highest BCUT2D eigenvalue weighted by Gasteiger charge is 2.15. The molecule has 0 unspecified atom stereocenters. The summed E-state index contributed by atoms with van der Waals surface area (Å²) < 4.78 is 24.2. The number of rotatable bonds is 8. The van der Waals surface area contributed by atoms with E-state index in [0.717, 1.165) is 5.56 Å². The van der Waals surface area contributed by atoms with E-state index in [4.69, 9.17) is 0 Å². The summed E-state index contributed by atoms with van der Waals surface area (Å²) >= 11 is 0. The van der Waals surface area contributed by atoms with Crippen molar-refractivity contribution in [1.82, 2.24) is 5.32 Å². The van der Waals surface area contributed by atoms with Crippen LogP contribution in [0.4, 0.5) is 5.69 Å². The summed E-state index contributed by atoms with van der Waals surface area (Å²) in [4.78, 5) is 22.1. The van der Waals surface area contributed by atoms with Gasteiger partial charge in [0.05, 0.1) is 15.6 Å². The van der Waals surface area contributed by atoms with Crippen molar-refractivity contribution in [2.75, 3.05) is 12.3 Å². The van der Waals surface area contributed by atoms with Crippen molar-refractivity contribution < 1.29 is 18.1 Å². The zero-order chi connectivity index (χ0) is 18.3. The molecule has 2 aromatic rings. The molecule has 1 amide bonds. The zero-order valence-corrected chi connectivity index (χ0v) is 14.2. The molecule has 8 heteroatoms. The Bertz CT molecular complexity index is 833. The molecule has 0 aliphatic heterocycles. The first-order chi connectivity index (χ1) is 11.9. The van der Waals surface area contributed by atoms with Crippen LogP contribution in [-0.4, -0.2) is 31.5 Å². The van der Waals surface area contributed by atoms with Crippen LogP contribution in [0.3, 0.4) is 0 Å². The number of amides is 1. The molecule has 0 radical (unpaired) electrons. The number of nitrogens with one attached hydrogen (secondary N) is 1. The predicted octanol–water partition coefficient (Wildman–Crippen LogP) is 2.12. The van der Waals surface area contributed by atoms with E-state index in [-0.39, 0.29) is 28.7 Å². The molecular formula is C17H18N2O5S. The number of carbonyl (C=O) groups excluding carboxylic acids is 1. The molecule has 132 valence electrons. The van der Waals surface area contributed by atoms with Gasteiger partial charge < -0.3 is 5.32 Å². The smallest absolute Gasteiger partial charge is 0.269 e. The Morgan fingerprint density at radius 3 is 2.28 bits per heavy atom. The van der Waals surface area contributed by atoms with Gasteiger partial charge in [-0.1, -0.05) is 30.3 Å². The molecule has 0 aliphatic carbocycles. The van der Waals surface area contributed by atoms with Gasteiger partial charge in [-0.05, 0) is 24.1 Å². The maximum Gasteiger partial charge on any atom is 0.269 e. The van der Waals surface area contributed by atoms with Crippen LogP contribution in [-0.2, 0) is 21.1 Å². The topological polar surface area (TPSA) is 106 Å². The van der Waals surface area contributed by atoms with Crippen LogP contribution in [0.5, 0.6) is 0 Å². The normalized spacial score (nSPS) is 11.0. The predicted molar refractivity (Wildman–Crippen MR) is 92.9 cm³/mol. The minimum atomic E-state index is -3.47. The van der Waals surface area contributed by atoms with Gasteiger partial charge in [-0.15, -0.1) is 0 Å². The summed E-state index contributed by atoms with van der Waals surface area (Å²) in [6, 6.07) is 14.1. The van der Waals surface area contributed by atoms with Crippen LogP contribution in [0.15, 0.2) is 59.5 Å². The molecule has 2 aromatic carbocycles. The molecule has 0 saturated carbocycles. The van der Waals surface area contributed by atoms with Crippen molar-refractivity contribution in [2.24, 2.45) is 0 Å². The molecule has 1 N–H and O–H groups in total. The summed E-state index contributed by atoms with van der Waals surface area (Å²) in [7, 11) is -3.47. The summed E-state index contributed by atoms with van der Waals surface area (Å²) in [6.07, 6.45) is 0.395. The SMILES string of the molecule is O=C(CCS(=O)(=O)c1ccccc1)NCCc1ccc([N+](=O)[O-])cc1. The van der Waals surface area contributed by atoms with E-state index in [2.05, 4.69) is 5.32 Å². The molecule has 0 aliphatic rings. The van der Waals surface area contributed by atoms with E-state index in [1.165, 1.54) is 24.3 Å². The van der Waals surface area contributed by atoms with E-state index in [1.54, 1.807) is 30.3 Å². The lowest BCUT2D eigenvalue weighted by atomic mass is 10.1. The van der Waals surface area contributed by atoms with Crippen molar-refractivity contribution >= 4 is 21.4 Å². The monoisotopic (exact) mass is 362 g/mol. The van der Waals surface area contributed by atoms with E-state index < -0.39 is 14.8 Å². The molecule has 0 fully saturated rings. The van der Waals surface area contributed by atoms with Gasteiger partial charge in [-0.2, -0.15) is 0 Å². The molecule has 25 heavy (non-hydrogen) atoms. The second kappa shape index (κ2) is 8.39. The lowest BCUT2D eigenvalue weighted by molar-refractivity contribution is -0.384. The fraction of sp³-hybridized carbons (Fsp3) is 0.235. The van der Waals surface area contributed by atoms with Gasteiger partial charge in [0, 0.05) is 25.1 Å². The highest BCUT2D eigenvalue weighted by molar-refractivity contribution is 7.91. The fourth-order valence-corrected chi connectivity index (χ4v) is 3.45. The summed E-state index contributed by atoms with van der Waals surface area (Å²) in [5, 5.41) is 13.2. The van der Waals surface area contributed by atoms with Gasteiger partial charge in [0.2, 0.25) is 5.91 Å². The Labute approximate surface area is 145 Å². The number of nitro groups is 1. The van der Waals surface area contributed by atoms with Crippen molar-refractivity contribution in [3.63, 3.8) is 0 Å². The van der Waals surface area contributed by atoms with Gasteiger partial charge >= 0.3 is 0 Å². The number of nitrogens with zero attached hydrogens (tertiary/aromatic N) is 1. The molecule has 0 spiro atoms. The molecule has 0 saturated heterocycles. The maximum absolute atomic E-state index is 12.1. The average molecular weight is 362 g/mol. The number of non-ortho nitro benzene ring substituents is 1. The van der Waals surface area contributed by atoms with E-state index >= 15 is 0 Å². The van der Waals surface area contributed by atoms with Crippen LogP contribution in [0.2, 0.25) is 0 Å². The van der Waals surface area contributed by atoms with Gasteiger partial charge in [-0.3, -0.25) is 14.9 Å². The Hall–Kier alpha value is -2.74. The second-order valence-corrected chi connectivity index (χ2v) is 7.51. The van der Waals surface area contributed by atoms with Gasteiger partial charge in [-0.25, -0.2) is 8.42 Å². The van der Waals surface area contributed by atoms with Crippen LogP contribution in [0.25, 0.3) is 0 Å². The number of nitro benzene ring substituents is 1. The molecular weight excluding hydrogens is 344 g/mol. The number of hydrogen-bond donors (Lipinski definition) is 1. The number of hydrogen-bond acceptors (Lipinski definition) is 5. The molecule has 0 aromatic heterocycles. The van der Waals surface area contributed by atoms with Crippen molar-refractivity contribution in [3.8, 4) is 0 Å². The second-order valence-electron chi connectivity index (χ2n) is 5.41. The molecule has 7 nitrogen and oxygen atoms in total. The van der Waals surface area contributed by atoms with E-state index in [9.17, 15) is 23.3 Å². The quantitative estimate of drug-likeness (QED) is 0.572. The van der Waals surface area contributed by atoms with Crippen LogP contribution in [0, 0.1) is 10.1 Å². The molecule has 0 atom stereocenters. The van der Waals surface area contributed by atoms with Crippen molar-refractivity contribution in [1.29, 1.82) is 0 Å². The summed E-state index contributed by atoms with van der Waals surface area (Å²) in [6.45, 7) is 0.335. The Morgan fingerprint density at radius 2 is 1.68 bits per heavy atom. The Balaban J connectivity index is 1.76. The summed E-state index contributed by atoms with van der Waals surface area (Å²) in [5.74, 6) is -0.596. The number of sulfone groups is 1. The van der Waals surface area contributed by atoms with E-state index in [0.29, 0.717) is 13.0 Å². The number of carbonyl (C=O) groups is 1. The molecule has 0 heterocycles. The Kier molecular flexibility index (Phi) is 6.24. The third-order valence-corrected chi connectivity index (χ3v) is 5.32. The van der Waals surface area contributed by atoms with Gasteiger partial charge in [0.15, 0.2) is 9.84 Å². The third kappa shape index (κ3) is 5.68. The van der Waals surface area contributed by atoms with Gasteiger partial charge in [0.1, 0.15) is 0 Å². The lowest BCUT2D eigenvalue weighted by Crippen LogP contribution is -2.27. The average Bonchev–Trinajstić information content (AvgIpc) is 2.61.